The Morgan fingerprint density at radius 2 is 2.00 bits per heavy atom. The second-order valence-electron chi connectivity index (χ2n) is 5.60. The third-order valence-electron chi connectivity index (χ3n) is 2.67. The van der Waals surface area contributed by atoms with Crippen LogP contribution >= 0.6 is 0 Å². The van der Waals surface area contributed by atoms with Crippen molar-refractivity contribution in [1.29, 1.82) is 0 Å². The van der Waals surface area contributed by atoms with Crippen LogP contribution in [-0.2, 0) is 4.74 Å². The van der Waals surface area contributed by atoms with Crippen molar-refractivity contribution in [2.75, 3.05) is 7.11 Å². The van der Waals surface area contributed by atoms with Crippen molar-refractivity contribution in [3.8, 4) is 5.75 Å². The Labute approximate surface area is 115 Å². The predicted molar refractivity (Wildman–Crippen MR) is 79.0 cm³/mol. The van der Waals surface area contributed by atoms with Crippen LogP contribution < -0.4 is 15.5 Å². The summed E-state index contributed by atoms with van der Waals surface area (Å²) in [5, 5.41) is 2.81. The zero-order valence-electron chi connectivity index (χ0n) is 12.5. The number of rotatable bonds is 3. The average Bonchev–Trinajstić information content (AvgIpc) is 2.26. The molecule has 1 unspecified atom stereocenters. The Kier molecular flexibility index (Phi) is 4.87. The molecule has 1 rings (SSSR count). The first-order valence-electron chi connectivity index (χ1n) is 6.37. The fourth-order valence-electron chi connectivity index (χ4n) is 1.67. The van der Waals surface area contributed by atoms with E-state index in [9.17, 15) is 4.79 Å². The van der Waals surface area contributed by atoms with Crippen LogP contribution in [0.2, 0.25) is 0 Å². The van der Waals surface area contributed by atoms with Crippen LogP contribution in [0.5, 0.6) is 5.75 Å². The van der Waals surface area contributed by atoms with Gasteiger partial charge in [-0.3, -0.25) is 0 Å². The number of ether oxygens (including phenoxy) is 2. The Morgan fingerprint density at radius 3 is 2.53 bits per heavy atom. The summed E-state index contributed by atoms with van der Waals surface area (Å²) in [5.41, 5.74) is 1.55. The molecule has 0 bridgehead atoms. The van der Waals surface area contributed by atoms with Gasteiger partial charge in [-0.25, -0.2) is 4.79 Å². The second-order valence-corrected chi connectivity index (χ2v) is 5.60. The topological polar surface area (TPSA) is 47.6 Å². The highest BCUT2D eigenvalue weighted by molar-refractivity contribution is 6.34. The molecule has 1 amide bonds. The quantitative estimate of drug-likeness (QED) is 0.841. The third kappa shape index (κ3) is 4.85. The number of nitrogens with one attached hydrogen (secondary N) is 1. The van der Waals surface area contributed by atoms with Gasteiger partial charge in [0.2, 0.25) is 0 Å². The Bertz CT molecular complexity index is 454. The Morgan fingerprint density at radius 1 is 1.37 bits per heavy atom. The summed E-state index contributed by atoms with van der Waals surface area (Å²) < 4.78 is 10.5. The molecule has 0 saturated heterocycles. The molecule has 0 aliphatic heterocycles. The van der Waals surface area contributed by atoms with Gasteiger partial charge >= 0.3 is 6.09 Å². The molecule has 104 valence electrons. The minimum Gasteiger partial charge on any atom is -0.497 e. The summed E-state index contributed by atoms with van der Waals surface area (Å²) in [4.78, 5) is 11.7. The second kappa shape index (κ2) is 6.00. The van der Waals surface area contributed by atoms with Crippen LogP contribution in [-0.4, -0.2) is 26.7 Å². The number of alkyl carbamates (subject to hydrolysis) is 1. The lowest BCUT2D eigenvalue weighted by atomic mass is 9.92. The summed E-state index contributed by atoms with van der Waals surface area (Å²) in [5.74, 6) is 0.815. The van der Waals surface area contributed by atoms with Crippen LogP contribution in [0.1, 0.15) is 39.3 Å². The number of benzene rings is 1. The average molecular weight is 263 g/mol. The van der Waals surface area contributed by atoms with Crippen molar-refractivity contribution in [3.63, 3.8) is 0 Å². The van der Waals surface area contributed by atoms with Crippen molar-refractivity contribution < 1.29 is 14.3 Å². The first-order valence-corrected chi connectivity index (χ1v) is 6.37. The van der Waals surface area contributed by atoms with Crippen LogP contribution in [0.25, 0.3) is 0 Å². The molecule has 0 saturated carbocycles. The van der Waals surface area contributed by atoms with Gasteiger partial charge in [-0.05, 0) is 44.8 Å². The van der Waals surface area contributed by atoms with E-state index in [0.29, 0.717) is 0 Å². The SMILES string of the molecule is Bc1ccc(C(C)NC(=O)OC(C)(C)C)cc1OC. The molecule has 0 heterocycles. The number of carbonyl (C=O) groups is 1. The van der Waals surface area contributed by atoms with E-state index in [2.05, 4.69) is 5.32 Å². The molecule has 1 N–H and O–H groups in total. The van der Waals surface area contributed by atoms with E-state index in [0.717, 1.165) is 16.8 Å². The van der Waals surface area contributed by atoms with Crippen LogP contribution in [0.15, 0.2) is 18.2 Å². The highest BCUT2D eigenvalue weighted by atomic mass is 16.6. The van der Waals surface area contributed by atoms with Crippen molar-refractivity contribution in [2.24, 2.45) is 0 Å². The van der Waals surface area contributed by atoms with Gasteiger partial charge in [0.15, 0.2) is 0 Å². The number of amides is 1. The van der Waals surface area contributed by atoms with Crippen molar-refractivity contribution in [3.05, 3.63) is 23.8 Å². The monoisotopic (exact) mass is 263 g/mol. The molecule has 0 aliphatic carbocycles. The van der Waals surface area contributed by atoms with Crippen molar-refractivity contribution in [1.82, 2.24) is 5.32 Å². The van der Waals surface area contributed by atoms with Gasteiger partial charge in [-0.2, -0.15) is 0 Å². The van der Waals surface area contributed by atoms with Gasteiger partial charge in [0, 0.05) is 0 Å². The lowest BCUT2D eigenvalue weighted by Gasteiger charge is -2.22. The van der Waals surface area contributed by atoms with Gasteiger partial charge in [-0.1, -0.05) is 12.1 Å². The molecule has 0 fully saturated rings. The number of carbonyl (C=O) groups excluding carboxylic acids is 1. The number of methoxy groups -OCH3 is 1. The normalized spacial score (nSPS) is 12.7. The molecule has 0 aromatic heterocycles. The van der Waals surface area contributed by atoms with Crippen LogP contribution in [0.4, 0.5) is 4.79 Å². The molecule has 1 aromatic carbocycles. The molecule has 4 nitrogen and oxygen atoms in total. The zero-order chi connectivity index (χ0) is 14.6. The summed E-state index contributed by atoms with van der Waals surface area (Å²) in [6.07, 6.45) is -0.417. The maximum atomic E-state index is 11.7. The van der Waals surface area contributed by atoms with Gasteiger partial charge in [0.25, 0.3) is 0 Å². The zero-order valence-corrected chi connectivity index (χ0v) is 12.5. The highest BCUT2D eigenvalue weighted by Gasteiger charge is 2.18. The summed E-state index contributed by atoms with van der Waals surface area (Å²) in [6, 6.07) is 5.74. The fraction of sp³-hybridized carbons (Fsp3) is 0.500. The van der Waals surface area contributed by atoms with Crippen LogP contribution in [0, 0.1) is 0 Å². The molecule has 0 radical (unpaired) electrons. The van der Waals surface area contributed by atoms with E-state index >= 15 is 0 Å². The molecular formula is C14H22BNO3. The molecular weight excluding hydrogens is 241 g/mol. The maximum Gasteiger partial charge on any atom is 0.408 e. The summed E-state index contributed by atoms with van der Waals surface area (Å²) >= 11 is 0. The number of hydrogen-bond acceptors (Lipinski definition) is 3. The maximum absolute atomic E-state index is 11.7. The van der Waals surface area contributed by atoms with E-state index < -0.39 is 11.7 Å². The van der Waals surface area contributed by atoms with E-state index in [-0.39, 0.29) is 6.04 Å². The first kappa shape index (κ1) is 15.4. The summed E-state index contributed by atoms with van der Waals surface area (Å²) in [6.45, 7) is 7.43. The lowest BCUT2D eigenvalue weighted by molar-refractivity contribution is 0.0508. The summed E-state index contributed by atoms with van der Waals surface area (Å²) in [7, 11) is 3.62. The first-order chi connectivity index (χ1) is 8.73. The van der Waals surface area contributed by atoms with Crippen LogP contribution in [0.3, 0.4) is 0 Å². The molecule has 1 aromatic rings. The van der Waals surface area contributed by atoms with Gasteiger partial charge in [-0.15, -0.1) is 0 Å². The Hall–Kier alpha value is -1.65. The van der Waals surface area contributed by atoms with Gasteiger partial charge < -0.3 is 14.8 Å². The van der Waals surface area contributed by atoms with Crippen molar-refractivity contribution in [2.45, 2.75) is 39.3 Å². The minimum absolute atomic E-state index is 0.135. The largest absolute Gasteiger partial charge is 0.497 e. The molecule has 1 atom stereocenters. The lowest BCUT2D eigenvalue weighted by Crippen LogP contribution is -2.34. The van der Waals surface area contributed by atoms with Crippen molar-refractivity contribution >= 4 is 19.4 Å². The standard InChI is InChI=1S/C14H22BNO3/c1-9(16-13(17)19-14(2,3)4)10-6-7-11(15)12(8-10)18-5/h6-9H,15H2,1-5H3,(H,16,17). The van der Waals surface area contributed by atoms with E-state index in [1.165, 1.54) is 0 Å². The Balaban J connectivity index is 2.73. The van der Waals surface area contributed by atoms with E-state index in [4.69, 9.17) is 9.47 Å². The van der Waals surface area contributed by atoms with E-state index in [1.807, 2.05) is 53.7 Å². The minimum atomic E-state index is -0.491. The predicted octanol–water partition coefficient (Wildman–Crippen LogP) is 1.54. The fourth-order valence-corrected chi connectivity index (χ4v) is 1.67. The molecule has 0 spiro atoms. The molecule has 19 heavy (non-hydrogen) atoms. The smallest absolute Gasteiger partial charge is 0.408 e. The molecule has 0 aliphatic rings. The highest BCUT2D eigenvalue weighted by Crippen LogP contribution is 2.17. The van der Waals surface area contributed by atoms with E-state index in [1.54, 1.807) is 7.11 Å². The van der Waals surface area contributed by atoms with Gasteiger partial charge in [0.1, 0.15) is 19.2 Å². The third-order valence-corrected chi connectivity index (χ3v) is 2.67. The molecule has 5 heteroatoms. The van der Waals surface area contributed by atoms with Gasteiger partial charge in [0.05, 0.1) is 13.2 Å². The number of hydrogen-bond donors (Lipinski definition) is 1.